The molecule has 0 spiro atoms. The van der Waals surface area contributed by atoms with Gasteiger partial charge in [-0.2, -0.15) is 0 Å². The van der Waals surface area contributed by atoms with Crippen LogP contribution in [0.5, 0.6) is 0 Å². The first-order valence-corrected chi connectivity index (χ1v) is 7.94. The lowest BCUT2D eigenvalue weighted by atomic mass is 9.91. The zero-order valence-electron chi connectivity index (χ0n) is 13.4. The number of hydrogen-bond donors (Lipinski definition) is 1. The first kappa shape index (κ1) is 15.3. The normalized spacial score (nSPS) is 23.4. The van der Waals surface area contributed by atoms with Crippen LogP contribution in [-0.4, -0.2) is 24.6 Å². The highest BCUT2D eigenvalue weighted by molar-refractivity contribution is 5.52. The Morgan fingerprint density at radius 2 is 2.00 bits per heavy atom. The minimum Gasteiger partial charge on any atom is -0.371 e. The summed E-state index contributed by atoms with van der Waals surface area (Å²) in [6.45, 7) is 13.5. The fraction of sp³-hybridized carbons (Fsp3) is 0.706. The Labute approximate surface area is 123 Å². The van der Waals surface area contributed by atoms with Gasteiger partial charge >= 0.3 is 0 Å². The number of piperidine rings is 1. The quantitative estimate of drug-likeness (QED) is 0.893. The second-order valence-electron chi connectivity index (χ2n) is 6.88. The molecular formula is C17H29N3. The van der Waals surface area contributed by atoms with E-state index in [-0.39, 0.29) is 0 Å². The third-order valence-corrected chi connectivity index (χ3v) is 3.96. The van der Waals surface area contributed by atoms with Crippen LogP contribution in [0, 0.1) is 17.8 Å². The zero-order valence-corrected chi connectivity index (χ0v) is 13.4. The van der Waals surface area contributed by atoms with Crippen LogP contribution in [0.4, 0.5) is 5.69 Å². The average Bonchev–Trinajstić information content (AvgIpc) is 2.37. The fourth-order valence-electron chi connectivity index (χ4n) is 3.22. The van der Waals surface area contributed by atoms with Crippen LogP contribution in [0.1, 0.15) is 39.7 Å². The molecule has 0 aromatic carbocycles. The van der Waals surface area contributed by atoms with Crippen molar-refractivity contribution in [2.75, 3.05) is 24.5 Å². The molecule has 1 N–H and O–H groups in total. The first-order chi connectivity index (χ1) is 9.56. The minimum absolute atomic E-state index is 0.685. The maximum atomic E-state index is 4.31. The predicted octanol–water partition coefficient (Wildman–Crippen LogP) is 3.31. The lowest BCUT2D eigenvalue weighted by Gasteiger charge is -2.37. The third kappa shape index (κ3) is 4.20. The summed E-state index contributed by atoms with van der Waals surface area (Å²) < 4.78 is 0. The summed E-state index contributed by atoms with van der Waals surface area (Å²) in [5.74, 6) is 2.25. The molecule has 2 unspecified atom stereocenters. The monoisotopic (exact) mass is 275 g/mol. The summed E-state index contributed by atoms with van der Waals surface area (Å²) in [6, 6.07) is 2.18. The van der Waals surface area contributed by atoms with E-state index in [1.807, 2.05) is 12.4 Å². The number of aromatic nitrogens is 1. The van der Waals surface area contributed by atoms with Gasteiger partial charge in [-0.1, -0.05) is 27.7 Å². The molecule has 2 atom stereocenters. The van der Waals surface area contributed by atoms with Crippen molar-refractivity contribution in [2.45, 2.75) is 40.7 Å². The number of hydrogen-bond acceptors (Lipinski definition) is 3. The highest BCUT2D eigenvalue weighted by Gasteiger charge is 2.23. The Bertz CT molecular complexity index is 406. The summed E-state index contributed by atoms with van der Waals surface area (Å²) in [4.78, 5) is 6.86. The van der Waals surface area contributed by atoms with Crippen LogP contribution in [0.15, 0.2) is 18.5 Å². The van der Waals surface area contributed by atoms with E-state index < -0.39 is 0 Å². The van der Waals surface area contributed by atoms with E-state index in [4.69, 9.17) is 0 Å². The highest BCUT2D eigenvalue weighted by atomic mass is 15.1. The van der Waals surface area contributed by atoms with E-state index in [1.165, 1.54) is 30.8 Å². The van der Waals surface area contributed by atoms with Gasteiger partial charge in [0.15, 0.2) is 0 Å². The van der Waals surface area contributed by atoms with Gasteiger partial charge in [0.05, 0.1) is 0 Å². The predicted molar refractivity (Wildman–Crippen MR) is 85.9 cm³/mol. The highest BCUT2D eigenvalue weighted by Crippen LogP contribution is 2.28. The van der Waals surface area contributed by atoms with Gasteiger partial charge in [0.2, 0.25) is 0 Å². The van der Waals surface area contributed by atoms with Crippen LogP contribution in [0.25, 0.3) is 0 Å². The Morgan fingerprint density at radius 1 is 1.30 bits per heavy atom. The van der Waals surface area contributed by atoms with Gasteiger partial charge < -0.3 is 10.2 Å². The van der Waals surface area contributed by atoms with Crippen molar-refractivity contribution in [3.8, 4) is 0 Å². The van der Waals surface area contributed by atoms with Gasteiger partial charge in [-0.15, -0.1) is 0 Å². The van der Waals surface area contributed by atoms with Gasteiger partial charge in [0.1, 0.15) is 0 Å². The van der Waals surface area contributed by atoms with Gasteiger partial charge in [-0.05, 0) is 36.8 Å². The summed E-state index contributed by atoms with van der Waals surface area (Å²) in [6.07, 6.45) is 5.29. The summed E-state index contributed by atoms with van der Waals surface area (Å²) in [5, 5.41) is 3.54. The molecular weight excluding hydrogens is 246 g/mol. The van der Waals surface area contributed by atoms with Gasteiger partial charge in [0, 0.05) is 43.3 Å². The number of rotatable bonds is 5. The van der Waals surface area contributed by atoms with Crippen molar-refractivity contribution in [2.24, 2.45) is 17.8 Å². The standard InChI is InChI=1S/C17H29N3/c1-13(2)8-19-10-16-9-18-6-5-17(16)20-11-14(3)7-15(4)12-20/h5-6,9,13-15,19H,7-8,10-12H2,1-4H3. The molecule has 2 rings (SSSR count). The van der Waals surface area contributed by atoms with Crippen LogP contribution in [0.3, 0.4) is 0 Å². The SMILES string of the molecule is CC(C)CNCc1cnccc1N1CC(C)CC(C)C1. The molecule has 1 aromatic heterocycles. The first-order valence-electron chi connectivity index (χ1n) is 7.94. The maximum Gasteiger partial charge on any atom is 0.0443 e. The topological polar surface area (TPSA) is 28.2 Å². The van der Waals surface area contributed by atoms with E-state index in [0.717, 1.165) is 24.9 Å². The molecule has 2 heterocycles. The molecule has 1 aromatic rings. The fourth-order valence-corrected chi connectivity index (χ4v) is 3.22. The maximum absolute atomic E-state index is 4.31. The van der Waals surface area contributed by atoms with Crippen molar-refractivity contribution in [3.05, 3.63) is 24.0 Å². The van der Waals surface area contributed by atoms with Crippen LogP contribution >= 0.6 is 0 Å². The van der Waals surface area contributed by atoms with Crippen molar-refractivity contribution in [1.29, 1.82) is 0 Å². The van der Waals surface area contributed by atoms with Gasteiger partial charge in [0.25, 0.3) is 0 Å². The minimum atomic E-state index is 0.685. The second-order valence-corrected chi connectivity index (χ2v) is 6.88. The lowest BCUT2D eigenvalue weighted by Crippen LogP contribution is -2.39. The molecule has 0 aliphatic carbocycles. The lowest BCUT2D eigenvalue weighted by molar-refractivity contribution is 0.356. The van der Waals surface area contributed by atoms with Crippen molar-refractivity contribution >= 4 is 5.69 Å². The molecule has 20 heavy (non-hydrogen) atoms. The molecule has 1 aliphatic heterocycles. The largest absolute Gasteiger partial charge is 0.371 e. The molecule has 0 bridgehead atoms. The van der Waals surface area contributed by atoms with Gasteiger partial charge in [-0.25, -0.2) is 0 Å². The molecule has 1 saturated heterocycles. The number of pyridine rings is 1. The molecule has 1 fully saturated rings. The van der Waals surface area contributed by atoms with E-state index in [2.05, 4.69) is 49.0 Å². The molecule has 0 saturated carbocycles. The molecule has 3 nitrogen and oxygen atoms in total. The third-order valence-electron chi connectivity index (χ3n) is 3.96. The molecule has 1 aliphatic rings. The molecule has 112 valence electrons. The molecule has 3 heteroatoms. The van der Waals surface area contributed by atoms with Gasteiger partial charge in [-0.3, -0.25) is 4.98 Å². The van der Waals surface area contributed by atoms with E-state index >= 15 is 0 Å². The molecule has 0 radical (unpaired) electrons. The second kappa shape index (κ2) is 7.07. The van der Waals surface area contributed by atoms with Crippen LogP contribution in [-0.2, 0) is 6.54 Å². The van der Waals surface area contributed by atoms with E-state index in [9.17, 15) is 0 Å². The van der Waals surface area contributed by atoms with Crippen LogP contribution in [0.2, 0.25) is 0 Å². The summed E-state index contributed by atoms with van der Waals surface area (Å²) in [7, 11) is 0. The van der Waals surface area contributed by atoms with E-state index in [0.29, 0.717) is 5.92 Å². The Morgan fingerprint density at radius 3 is 2.65 bits per heavy atom. The summed E-state index contributed by atoms with van der Waals surface area (Å²) in [5.41, 5.74) is 2.70. The Hall–Kier alpha value is -1.09. The number of nitrogens with one attached hydrogen (secondary N) is 1. The van der Waals surface area contributed by atoms with Crippen molar-refractivity contribution in [3.63, 3.8) is 0 Å². The molecule has 0 amide bonds. The van der Waals surface area contributed by atoms with Crippen molar-refractivity contribution in [1.82, 2.24) is 10.3 Å². The zero-order chi connectivity index (χ0) is 14.5. The Balaban J connectivity index is 2.06. The smallest absolute Gasteiger partial charge is 0.0443 e. The average molecular weight is 275 g/mol. The number of anilines is 1. The summed E-state index contributed by atoms with van der Waals surface area (Å²) >= 11 is 0. The number of nitrogens with zero attached hydrogens (tertiary/aromatic N) is 2. The van der Waals surface area contributed by atoms with E-state index in [1.54, 1.807) is 0 Å². The van der Waals surface area contributed by atoms with Crippen molar-refractivity contribution < 1.29 is 0 Å². The Kier molecular flexibility index (Phi) is 5.41. The van der Waals surface area contributed by atoms with Crippen LogP contribution < -0.4 is 10.2 Å².